The third-order valence-electron chi connectivity index (χ3n) is 3.53. The maximum atomic E-state index is 15.3. The Balaban J connectivity index is 2.66. The molecule has 0 aliphatic rings. The summed E-state index contributed by atoms with van der Waals surface area (Å²) >= 11 is 0. The van der Waals surface area contributed by atoms with Crippen LogP contribution < -0.4 is 16.0 Å². The molecule has 28 heavy (non-hydrogen) atoms. The van der Waals surface area contributed by atoms with Crippen molar-refractivity contribution in [3.63, 3.8) is 0 Å². The summed E-state index contributed by atoms with van der Waals surface area (Å²) in [4.78, 5) is 23.0. The lowest BCUT2D eigenvalue weighted by atomic mass is 10.1. The summed E-state index contributed by atoms with van der Waals surface area (Å²) in [5.41, 5.74) is -0.520. The first kappa shape index (κ1) is 19.9. The smallest absolute Gasteiger partial charge is 0.340 e. The van der Waals surface area contributed by atoms with Crippen LogP contribution in [-0.4, -0.2) is 19.5 Å². The maximum Gasteiger partial charge on any atom is 0.340 e. The number of benzene rings is 2. The second kappa shape index (κ2) is 9.36. The highest BCUT2D eigenvalue weighted by Crippen LogP contribution is 2.36. The molecule has 0 atom stereocenters. The quantitative estimate of drug-likeness (QED) is 0.383. The number of nitriles is 2. The molecule has 140 valence electrons. The number of amides is 1. The number of allylic oxidation sites excluding steroid dienone is 1. The van der Waals surface area contributed by atoms with Crippen LogP contribution in [0.15, 0.2) is 48.2 Å². The summed E-state index contributed by atoms with van der Waals surface area (Å²) in [5.74, 6) is -1.76. The Morgan fingerprint density at radius 1 is 1.14 bits per heavy atom. The molecule has 2 aromatic rings. The number of carbonyl (C=O) groups excluding carboxylic acids is 2. The summed E-state index contributed by atoms with van der Waals surface area (Å²) in [6, 6.07) is 13.0. The van der Waals surface area contributed by atoms with E-state index < -0.39 is 11.8 Å². The molecule has 0 heterocycles. The number of esters is 1. The van der Waals surface area contributed by atoms with Crippen molar-refractivity contribution < 1.29 is 18.7 Å². The van der Waals surface area contributed by atoms with Gasteiger partial charge in [0.25, 0.3) is 0 Å². The number of nitrogens with zero attached hydrogens (tertiary/aromatic N) is 2. The molecular weight excluding hydrogens is 365 g/mol. The van der Waals surface area contributed by atoms with Crippen molar-refractivity contribution in [1.29, 1.82) is 10.5 Å². The predicted octanol–water partition coefficient (Wildman–Crippen LogP) is 3.27. The van der Waals surface area contributed by atoms with E-state index in [9.17, 15) is 9.59 Å². The number of hydrogen-bond acceptors (Lipinski definition) is 7. The first-order valence-corrected chi connectivity index (χ1v) is 7.79. The van der Waals surface area contributed by atoms with Crippen molar-refractivity contribution >= 4 is 35.1 Å². The van der Waals surface area contributed by atoms with E-state index in [0.717, 1.165) is 13.3 Å². The van der Waals surface area contributed by atoms with E-state index in [-0.39, 0.29) is 28.2 Å². The lowest BCUT2D eigenvalue weighted by molar-refractivity contribution is -0.105. The van der Waals surface area contributed by atoms with Gasteiger partial charge in [-0.05, 0) is 18.2 Å². The highest BCUT2D eigenvalue weighted by Gasteiger charge is 2.23. The van der Waals surface area contributed by atoms with Crippen LogP contribution >= 0.6 is 0 Å². The van der Waals surface area contributed by atoms with Gasteiger partial charge in [-0.2, -0.15) is 10.5 Å². The van der Waals surface area contributed by atoms with Gasteiger partial charge in [0, 0.05) is 11.9 Å². The average Bonchev–Trinajstić information content (AvgIpc) is 2.72. The molecule has 2 aromatic carbocycles. The molecule has 2 rings (SSSR count). The summed E-state index contributed by atoms with van der Waals surface area (Å²) in [5, 5.41) is 25.2. The topological polar surface area (TPSA) is 127 Å². The monoisotopic (exact) mass is 379 g/mol. The fourth-order valence-corrected chi connectivity index (χ4v) is 2.26. The van der Waals surface area contributed by atoms with Gasteiger partial charge in [0.15, 0.2) is 5.82 Å². The van der Waals surface area contributed by atoms with Crippen molar-refractivity contribution in [2.24, 2.45) is 0 Å². The maximum absolute atomic E-state index is 15.3. The minimum Gasteiger partial charge on any atom is -0.465 e. The fraction of sp³-hybridized carbons (Fsp3) is 0.0526. The van der Waals surface area contributed by atoms with Crippen LogP contribution in [-0.2, 0) is 9.53 Å². The molecule has 0 aliphatic carbocycles. The number of halogens is 1. The van der Waals surface area contributed by atoms with Crippen molar-refractivity contribution in [1.82, 2.24) is 0 Å². The van der Waals surface area contributed by atoms with Gasteiger partial charge < -0.3 is 20.7 Å². The first-order valence-electron chi connectivity index (χ1n) is 7.79. The van der Waals surface area contributed by atoms with E-state index in [1.54, 1.807) is 42.5 Å². The van der Waals surface area contributed by atoms with Gasteiger partial charge in [-0.15, -0.1) is 0 Å². The van der Waals surface area contributed by atoms with E-state index in [2.05, 4.69) is 16.0 Å². The normalized spacial score (nSPS) is 9.29. The van der Waals surface area contributed by atoms with E-state index in [1.807, 2.05) is 0 Å². The zero-order valence-corrected chi connectivity index (χ0v) is 14.6. The molecule has 0 radical (unpaired) electrons. The molecule has 8 nitrogen and oxygen atoms in total. The zero-order chi connectivity index (χ0) is 20.5. The van der Waals surface area contributed by atoms with Gasteiger partial charge in [-0.25, -0.2) is 9.18 Å². The van der Waals surface area contributed by atoms with Crippen LogP contribution in [0.3, 0.4) is 0 Å². The SMILES string of the molecule is COC(=O)c1cc(NC=O)c(NC=C(C#N)C#N)c(F)c1Nc1ccccc1. The number of carbonyl (C=O) groups is 2. The molecule has 0 saturated heterocycles. The first-order chi connectivity index (χ1) is 13.5. The molecule has 3 N–H and O–H groups in total. The van der Waals surface area contributed by atoms with E-state index in [4.69, 9.17) is 15.3 Å². The van der Waals surface area contributed by atoms with E-state index in [0.29, 0.717) is 12.1 Å². The number of nitrogens with one attached hydrogen (secondary N) is 3. The third kappa shape index (κ3) is 4.42. The van der Waals surface area contributed by atoms with Gasteiger partial charge in [-0.1, -0.05) is 18.2 Å². The standard InChI is InChI=1S/C19H14FN5O3/c1-28-19(27)14-7-15(24-11-26)18(23-10-12(8-21)9-22)16(20)17(14)25-13-5-3-2-4-6-13/h2-7,10-11,23,25H,1H3,(H,24,26). The Kier molecular flexibility index (Phi) is 6.67. The molecule has 0 bridgehead atoms. The zero-order valence-electron chi connectivity index (χ0n) is 14.6. The Morgan fingerprint density at radius 2 is 1.82 bits per heavy atom. The van der Waals surface area contributed by atoms with Crippen molar-refractivity contribution in [3.8, 4) is 12.1 Å². The summed E-state index contributed by atoms with van der Waals surface area (Å²) in [6.45, 7) is 0. The minimum absolute atomic E-state index is 0.0852. The number of rotatable bonds is 7. The summed E-state index contributed by atoms with van der Waals surface area (Å²) in [6.07, 6.45) is 1.28. The molecule has 0 spiro atoms. The molecule has 0 fully saturated rings. The predicted molar refractivity (Wildman–Crippen MR) is 100 cm³/mol. The lowest BCUT2D eigenvalue weighted by Gasteiger charge is -2.18. The van der Waals surface area contributed by atoms with E-state index >= 15 is 4.39 Å². The number of para-hydroxylation sites is 1. The molecule has 0 aromatic heterocycles. The van der Waals surface area contributed by atoms with Gasteiger partial charge in [0.1, 0.15) is 23.4 Å². The highest BCUT2D eigenvalue weighted by atomic mass is 19.1. The number of hydrogen-bond donors (Lipinski definition) is 3. The average molecular weight is 379 g/mol. The molecule has 9 heteroatoms. The van der Waals surface area contributed by atoms with Gasteiger partial charge in [0.2, 0.25) is 6.41 Å². The molecule has 1 amide bonds. The Hall–Kier alpha value is -4.37. The van der Waals surface area contributed by atoms with Crippen LogP contribution in [0.25, 0.3) is 0 Å². The largest absolute Gasteiger partial charge is 0.465 e. The Labute approximate surface area is 159 Å². The molecular formula is C19H14FN5O3. The summed E-state index contributed by atoms with van der Waals surface area (Å²) < 4.78 is 20.0. The lowest BCUT2D eigenvalue weighted by Crippen LogP contribution is -2.12. The van der Waals surface area contributed by atoms with Crippen LogP contribution in [0.5, 0.6) is 0 Å². The Bertz CT molecular complexity index is 991. The molecule has 0 unspecified atom stereocenters. The molecule has 0 aliphatic heterocycles. The van der Waals surface area contributed by atoms with E-state index in [1.165, 1.54) is 6.07 Å². The van der Waals surface area contributed by atoms with Crippen molar-refractivity contribution in [2.45, 2.75) is 0 Å². The second-order valence-electron chi connectivity index (χ2n) is 5.21. The van der Waals surface area contributed by atoms with Crippen molar-refractivity contribution in [3.05, 3.63) is 59.6 Å². The van der Waals surface area contributed by atoms with Crippen LogP contribution in [0.1, 0.15) is 10.4 Å². The number of ether oxygens (including phenoxy) is 1. The second-order valence-corrected chi connectivity index (χ2v) is 5.21. The van der Waals surface area contributed by atoms with Gasteiger partial charge in [0.05, 0.1) is 24.0 Å². The van der Waals surface area contributed by atoms with Crippen LogP contribution in [0.2, 0.25) is 0 Å². The van der Waals surface area contributed by atoms with Gasteiger partial charge >= 0.3 is 5.97 Å². The minimum atomic E-state index is -0.928. The highest BCUT2D eigenvalue weighted by molar-refractivity contribution is 6.01. The van der Waals surface area contributed by atoms with Crippen molar-refractivity contribution in [2.75, 3.05) is 23.1 Å². The third-order valence-corrected chi connectivity index (χ3v) is 3.53. The number of methoxy groups -OCH3 is 1. The van der Waals surface area contributed by atoms with Crippen LogP contribution in [0.4, 0.5) is 27.1 Å². The van der Waals surface area contributed by atoms with Gasteiger partial charge in [-0.3, -0.25) is 4.79 Å². The number of anilines is 4. The Morgan fingerprint density at radius 3 is 2.39 bits per heavy atom. The molecule has 0 saturated carbocycles. The van der Waals surface area contributed by atoms with Crippen LogP contribution in [0, 0.1) is 28.5 Å². The fourth-order valence-electron chi connectivity index (χ4n) is 2.26. The summed E-state index contributed by atoms with van der Waals surface area (Å²) in [7, 11) is 1.14.